The number of ether oxygens (including phenoxy) is 1. The van der Waals surface area contributed by atoms with Crippen molar-refractivity contribution in [3.63, 3.8) is 0 Å². The van der Waals surface area contributed by atoms with Gasteiger partial charge in [-0.15, -0.1) is 0 Å². The first-order chi connectivity index (χ1) is 17.8. The van der Waals surface area contributed by atoms with Crippen LogP contribution in [0.2, 0.25) is 0 Å². The Morgan fingerprint density at radius 2 is 0.917 bits per heavy atom. The molecule has 0 unspecified atom stereocenters. The normalized spacial score (nSPS) is 11.5. The van der Waals surface area contributed by atoms with Crippen LogP contribution in [0.1, 0.15) is 180 Å². The summed E-state index contributed by atoms with van der Waals surface area (Å²) in [6.45, 7) is 3.21. The Bertz CT molecular complexity index is 446. The van der Waals surface area contributed by atoms with Gasteiger partial charge in [0.15, 0.2) is 0 Å². The molecular formula is C33H64O3. The third-order valence-electron chi connectivity index (χ3n) is 7.21. The molecule has 0 heterocycles. The van der Waals surface area contributed by atoms with E-state index in [9.17, 15) is 4.79 Å². The van der Waals surface area contributed by atoms with E-state index in [1.807, 2.05) is 0 Å². The quantitative estimate of drug-likeness (QED) is 0.0596. The third kappa shape index (κ3) is 31.2. The minimum absolute atomic E-state index is 0.00639. The topological polar surface area (TPSA) is 46.5 Å². The van der Waals surface area contributed by atoms with Gasteiger partial charge in [0, 0.05) is 13.0 Å². The molecule has 0 aromatic heterocycles. The van der Waals surface area contributed by atoms with Gasteiger partial charge >= 0.3 is 5.97 Å². The van der Waals surface area contributed by atoms with Gasteiger partial charge < -0.3 is 9.84 Å². The van der Waals surface area contributed by atoms with Crippen LogP contribution in [0.5, 0.6) is 0 Å². The van der Waals surface area contributed by atoms with Crippen LogP contribution < -0.4 is 0 Å². The van der Waals surface area contributed by atoms with Crippen molar-refractivity contribution < 1.29 is 14.6 Å². The van der Waals surface area contributed by atoms with E-state index in [4.69, 9.17) is 9.84 Å². The van der Waals surface area contributed by atoms with Crippen LogP contribution in [0.4, 0.5) is 0 Å². The summed E-state index contributed by atoms with van der Waals surface area (Å²) < 4.78 is 5.41. The van der Waals surface area contributed by atoms with Crippen molar-refractivity contribution in [1.29, 1.82) is 0 Å². The molecule has 0 radical (unpaired) electrons. The largest absolute Gasteiger partial charge is 0.466 e. The van der Waals surface area contributed by atoms with Crippen LogP contribution in [0.15, 0.2) is 12.2 Å². The Labute approximate surface area is 226 Å². The van der Waals surface area contributed by atoms with E-state index in [0.717, 1.165) is 25.7 Å². The average Bonchev–Trinajstić information content (AvgIpc) is 2.88. The Balaban J connectivity index is 3.15. The van der Waals surface area contributed by atoms with Crippen LogP contribution in [0.3, 0.4) is 0 Å². The fraction of sp³-hybridized carbons (Fsp3) is 0.909. The van der Waals surface area contributed by atoms with Gasteiger partial charge in [-0.3, -0.25) is 4.79 Å². The molecule has 0 rings (SSSR count). The van der Waals surface area contributed by atoms with Gasteiger partial charge in [0.2, 0.25) is 0 Å². The second-order valence-corrected chi connectivity index (χ2v) is 10.9. The minimum atomic E-state index is 0.00639. The SMILES string of the molecule is CCCCC=CCCCCCCCC(=O)OCCCCCCCCCCCCCCCCCCCO. The van der Waals surface area contributed by atoms with Gasteiger partial charge in [0.05, 0.1) is 6.61 Å². The number of carbonyl (C=O) groups excluding carboxylic acids is 1. The maximum absolute atomic E-state index is 11.8. The Hall–Kier alpha value is -0.830. The Morgan fingerprint density at radius 1 is 0.528 bits per heavy atom. The zero-order valence-electron chi connectivity index (χ0n) is 24.4. The van der Waals surface area contributed by atoms with Crippen LogP contribution in [-0.2, 0) is 9.53 Å². The Kier molecular flexibility index (Phi) is 31.5. The molecule has 0 aliphatic rings. The number of esters is 1. The van der Waals surface area contributed by atoms with Crippen LogP contribution >= 0.6 is 0 Å². The molecule has 0 saturated carbocycles. The monoisotopic (exact) mass is 508 g/mol. The van der Waals surface area contributed by atoms with Gasteiger partial charge in [0.25, 0.3) is 0 Å². The van der Waals surface area contributed by atoms with Crippen molar-refractivity contribution in [2.45, 2.75) is 180 Å². The zero-order chi connectivity index (χ0) is 26.2. The highest BCUT2D eigenvalue weighted by Crippen LogP contribution is 2.14. The fourth-order valence-electron chi connectivity index (χ4n) is 4.74. The molecule has 0 aromatic carbocycles. The number of rotatable bonds is 30. The summed E-state index contributed by atoms with van der Waals surface area (Å²) in [6, 6.07) is 0. The summed E-state index contributed by atoms with van der Waals surface area (Å²) in [6.07, 6.45) is 38.4. The Morgan fingerprint density at radius 3 is 1.39 bits per heavy atom. The zero-order valence-corrected chi connectivity index (χ0v) is 24.4. The van der Waals surface area contributed by atoms with Gasteiger partial charge in [-0.2, -0.15) is 0 Å². The highest BCUT2D eigenvalue weighted by molar-refractivity contribution is 5.69. The number of aliphatic hydroxyl groups excluding tert-OH is 1. The predicted octanol–water partition coefficient (Wildman–Crippen LogP) is 10.6. The van der Waals surface area contributed by atoms with Gasteiger partial charge in [-0.25, -0.2) is 0 Å². The standard InChI is InChI=1S/C33H64O3/c1-2-3-4-5-6-7-15-18-21-24-27-30-33(35)36-32-29-26-23-20-17-14-12-10-8-9-11-13-16-19-22-25-28-31-34/h5-6,34H,2-4,7-32H2,1H3. The van der Waals surface area contributed by atoms with E-state index < -0.39 is 0 Å². The highest BCUT2D eigenvalue weighted by Gasteiger charge is 2.02. The second-order valence-electron chi connectivity index (χ2n) is 10.9. The van der Waals surface area contributed by atoms with Crippen molar-refractivity contribution in [1.82, 2.24) is 0 Å². The third-order valence-corrected chi connectivity index (χ3v) is 7.21. The molecule has 0 bridgehead atoms. The lowest BCUT2D eigenvalue weighted by atomic mass is 10.0. The fourth-order valence-corrected chi connectivity index (χ4v) is 4.74. The first-order valence-electron chi connectivity index (χ1n) is 16.2. The average molecular weight is 509 g/mol. The van der Waals surface area contributed by atoms with E-state index >= 15 is 0 Å². The molecule has 0 aliphatic carbocycles. The molecule has 0 spiro atoms. The van der Waals surface area contributed by atoms with Crippen molar-refractivity contribution in [3.8, 4) is 0 Å². The van der Waals surface area contributed by atoms with Crippen LogP contribution in [0, 0.1) is 0 Å². The number of hydrogen-bond donors (Lipinski definition) is 1. The molecule has 3 heteroatoms. The lowest BCUT2D eigenvalue weighted by Gasteiger charge is -2.05. The number of hydrogen-bond acceptors (Lipinski definition) is 3. The molecule has 0 atom stereocenters. The molecule has 214 valence electrons. The second kappa shape index (κ2) is 32.2. The summed E-state index contributed by atoms with van der Waals surface area (Å²) in [5.74, 6) is 0.00639. The number of carbonyl (C=O) groups is 1. The summed E-state index contributed by atoms with van der Waals surface area (Å²) in [5.41, 5.74) is 0. The summed E-state index contributed by atoms with van der Waals surface area (Å²) >= 11 is 0. The predicted molar refractivity (Wildman–Crippen MR) is 158 cm³/mol. The highest BCUT2D eigenvalue weighted by atomic mass is 16.5. The van der Waals surface area contributed by atoms with Crippen LogP contribution in [0.25, 0.3) is 0 Å². The summed E-state index contributed by atoms with van der Waals surface area (Å²) in [4.78, 5) is 11.8. The maximum Gasteiger partial charge on any atom is 0.305 e. The molecule has 36 heavy (non-hydrogen) atoms. The van der Waals surface area contributed by atoms with Crippen LogP contribution in [-0.4, -0.2) is 24.3 Å². The van der Waals surface area contributed by atoms with E-state index in [-0.39, 0.29) is 5.97 Å². The van der Waals surface area contributed by atoms with Gasteiger partial charge in [-0.05, 0) is 38.5 Å². The molecule has 0 saturated heterocycles. The van der Waals surface area contributed by atoms with Gasteiger partial charge in [0.1, 0.15) is 0 Å². The van der Waals surface area contributed by atoms with Crippen molar-refractivity contribution >= 4 is 5.97 Å². The van der Waals surface area contributed by atoms with E-state index in [2.05, 4.69) is 19.1 Å². The van der Waals surface area contributed by atoms with Crippen molar-refractivity contribution in [3.05, 3.63) is 12.2 Å². The van der Waals surface area contributed by atoms with Gasteiger partial charge in [-0.1, -0.05) is 147 Å². The van der Waals surface area contributed by atoms with Crippen molar-refractivity contribution in [2.24, 2.45) is 0 Å². The van der Waals surface area contributed by atoms with Crippen molar-refractivity contribution in [2.75, 3.05) is 13.2 Å². The molecule has 1 N–H and O–H groups in total. The summed E-state index contributed by atoms with van der Waals surface area (Å²) in [7, 11) is 0. The first kappa shape index (κ1) is 35.2. The molecule has 3 nitrogen and oxygen atoms in total. The molecule has 0 amide bonds. The molecule has 0 fully saturated rings. The number of allylic oxidation sites excluding steroid dienone is 2. The molecule has 0 aromatic rings. The van der Waals surface area contributed by atoms with E-state index in [1.165, 1.54) is 141 Å². The maximum atomic E-state index is 11.8. The minimum Gasteiger partial charge on any atom is -0.466 e. The van der Waals surface area contributed by atoms with E-state index in [1.54, 1.807) is 0 Å². The van der Waals surface area contributed by atoms with E-state index in [0.29, 0.717) is 19.6 Å². The molecule has 0 aliphatic heterocycles. The number of aliphatic hydroxyl groups is 1. The molecular weight excluding hydrogens is 444 g/mol. The lowest BCUT2D eigenvalue weighted by Crippen LogP contribution is -2.05. The summed E-state index contributed by atoms with van der Waals surface area (Å²) in [5, 5.41) is 8.77. The smallest absolute Gasteiger partial charge is 0.305 e. The number of unbranched alkanes of at least 4 members (excludes halogenated alkanes) is 23. The first-order valence-corrected chi connectivity index (χ1v) is 16.2. The lowest BCUT2D eigenvalue weighted by molar-refractivity contribution is -0.143.